The molecule has 2 aromatic rings. The van der Waals surface area contributed by atoms with Crippen molar-refractivity contribution in [3.05, 3.63) is 53.0 Å². The van der Waals surface area contributed by atoms with Crippen LogP contribution in [0.5, 0.6) is 5.75 Å². The SMILES string of the molecule is CN(c1ccc(OC2CCCC2)cc1)S(=O)(=O)c1ccc(Br)cc1. The molecule has 0 bridgehead atoms. The van der Waals surface area contributed by atoms with Gasteiger partial charge in [0, 0.05) is 11.5 Å². The Morgan fingerprint density at radius 1 is 1.00 bits per heavy atom. The van der Waals surface area contributed by atoms with Gasteiger partial charge in [0.2, 0.25) is 0 Å². The van der Waals surface area contributed by atoms with Gasteiger partial charge in [-0.15, -0.1) is 0 Å². The van der Waals surface area contributed by atoms with Crippen molar-refractivity contribution in [2.24, 2.45) is 0 Å². The first-order valence-electron chi connectivity index (χ1n) is 7.98. The molecule has 1 aliphatic rings. The highest BCUT2D eigenvalue weighted by Crippen LogP contribution is 2.28. The van der Waals surface area contributed by atoms with Gasteiger partial charge in [-0.1, -0.05) is 15.9 Å². The topological polar surface area (TPSA) is 46.6 Å². The van der Waals surface area contributed by atoms with Crippen LogP contribution in [0.15, 0.2) is 57.9 Å². The lowest BCUT2D eigenvalue weighted by Crippen LogP contribution is -2.26. The Morgan fingerprint density at radius 2 is 1.58 bits per heavy atom. The Labute approximate surface area is 151 Å². The maximum Gasteiger partial charge on any atom is 0.264 e. The zero-order chi connectivity index (χ0) is 17.2. The third kappa shape index (κ3) is 3.75. The van der Waals surface area contributed by atoms with Gasteiger partial charge < -0.3 is 4.74 Å². The van der Waals surface area contributed by atoms with Gasteiger partial charge in [-0.2, -0.15) is 0 Å². The fraction of sp³-hybridized carbons (Fsp3) is 0.333. The van der Waals surface area contributed by atoms with Crippen molar-refractivity contribution in [3.63, 3.8) is 0 Å². The summed E-state index contributed by atoms with van der Waals surface area (Å²) in [7, 11) is -2.01. The molecule has 2 aromatic carbocycles. The second kappa shape index (κ2) is 7.15. The van der Waals surface area contributed by atoms with Gasteiger partial charge in [0.1, 0.15) is 5.75 Å². The van der Waals surface area contributed by atoms with Crippen LogP contribution >= 0.6 is 15.9 Å². The maximum absolute atomic E-state index is 12.7. The summed E-state index contributed by atoms with van der Waals surface area (Å²) in [5.41, 5.74) is 0.608. The van der Waals surface area contributed by atoms with Crippen LogP contribution in [0, 0.1) is 0 Å². The first kappa shape index (κ1) is 17.3. The minimum atomic E-state index is -3.57. The first-order chi connectivity index (χ1) is 11.5. The quantitative estimate of drug-likeness (QED) is 0.724. The third-order valence-corrected chi connectivity index (χ3v) is 6.61. The Morgan fingerprint density at radius 3 is 2.17 bits per heavy atom. The zero-order valence-corrected chi connectivity index (χ0v) is 15.9. The lowest BCUT2D eigenvalue weighted by atomic mass is 10.3. The van der Waals surface area contributed by atoms with E-state index in [1.165, 1.54) is 17.1 Å². The van der Waals surface area contributed by atoms with E-state index in [-0.39, 0.29) is 4.90 Å². The second-order valence-corrected chi connectivity index (χ2v) is 8.83. The van der Waals surface area contributed by atoms with Crippen LogP contribution in [0.3, 0.4) is 0 Å². The summed E-state index contributed by atoms with van der Waals surface area (Å²) in [6, 6.07) is 13.9. The highest BCUT2D eigenvalue weighted by molar-refractivity contribution is 9.10. The minimum absolute atomic E-state index is 0.263. The molecule has 0 N–H and O–H groups in total. The number of hydrogen-bond acceptors (Lipinski definition) is 3. The van der Waals surface area contributed by atoms with E-state index in [0.29, 0.717) is 11.8 Å². The van der Waals surface area contributed by atoms with Crippen LogP contribution in [0.25, 0.3) is 0 Å². The molecular formula is C18H20BrNO3S. The van der Waals surface area contributed by atoms with Crippen molar-refractivity contribution < 1.29 is 13.2 Å². The summed E-state index contributed by atoms with van der Waals surface area (Å²) in [5.74, 6) is 0.792. The van der Waals surface area contributed by atoms with Gasteiger partial charge in [0.15, 0.2) is 0 Å². The number of anilines is 1. The molecular weight excluding hydrogens is 390 g/mol. The number of sulfonamides is 1. The molecule has 4 nitrogen and oxygen atoms in total. The summed E-state index contributed by atoms with van der Waals surface area (Å²) in [6.07, 6.45) is 4.92. The molecule has 3 rings (SSSR count). The van der Waals surface area contributed by atoms with Crippen molar-refractivity contribution in [3.8, 4) is 5.75 Å². The Bertz CT molecular complexity index is 782. The monoisotopic (exact) mass is 409 g/mol. The number of rotatable bonds is 5. The molecule has 0 spiro atoms. The van der Waals surface area contributed by atoms with Crippen LogP contribution in [-0.2, 0) is 10.0 Å². The number of ether oxygens (including phenoxy) is 1. The number of benzene rings is 2. The molecule has 6 heteroatoms. The zero-order valence-electron chi connectivity index (χ0n) is 13.5. The van der Waals surface area contributed by atoms with Crippen LogP contribution in [-0.4, -0.2) is 21.6 Å². The van der Waals surface area contributed by atoms with E-state index in [9.17, 15) is 8.42 Å². The molecule has 1 fully saturated rings. The lowest BCUT2D eigenvalue weighted by molar-refractivity contribution is 0.210. The average molecular weight is 410 g/mol. The highest BCUT2D eigenvalue weighted by atomic mass is 79.9. The van der Waals surface area contributed by atoms with Gasteiger partial charge in [-0.05, 0) is 74.2 Å². The third-order valence-electron chi connectivity index (χ3n) is 4.28. The summed E-state index contributed by atoms with van der Waals surface area (Å²) < 4.78 is 33.4. The Hall–Kier alpha value is -1.53. The maximum atomic E-state index is 12.7. The van der Waals surface area contributed by atoms with E-state index >= 15 is 0 Å². The van der Waals surface area contributed by atoms with Crippen LogP contribution < -0.4 is 9.04 Å². The van der Waals surface area contributed by atoms with E-state index in [1.807, 2.05) is 12.1 Å². The summed E-state index contributed by atoms with van der Waals surface area (Å²) in [6.45, 7) is 0. The first-order valence-corrected chi connectivity index (χ1v) is 10.2. The van der Waals surface area contributed by atoms with Gasteiger partial charge >= 0.3 is 0 Å². The van der Waals surface area contributed by atoms with Crippen molar-refractivity contribution in [2.45, 2.75) is 36.7 Å². The van der Waals surface area contributed by atoms with Gasteiger partial charge in [-0.3, -0.25) is 4.31 Å². The van der Waals surface area contributed by atoms with Crippen molar-refractivity contribution >= 4 is 31.6 Å². The summed E-state index contributed by atoms with van der Waals surface area (Å²) in [4.78, 5) is 0.263. The predicted octanol–water partition coefficient (Wildman–Crippen LogP) is 4.60. The number of hydrogen-bond donors (Lipinski definition) is 0. The van der Waals surface area contributed by atoms with E-state index in [0.717, 1.165) is 23.1 Å². The average Bonchev–Trinajstić information content (AvgIpc) is 3.08. The molecule has 0 atom stereocenters. The highest BCUT2D eigenvalue weighted by Gasteiger charge is 2.21. The molecule has 1 saturated carbocycles. The summed E-state index contributed by atoms with van der Waals surface area (Å²) >= 11 is 3.32. The molecule has 0 aromatic heterocycles. The van der Waals surface area contributed by atoms with Crippen LogP contribution in [0.4, 0.5) is 5.69 Å². The van der Waals surface area contributed by atoms with E-state index in [1.54, 1.807) is 43.4 Å². The molecule has 24 heavy (non-hydrogen) atoms. The fourth-order valence-electron chi connectivity index (χ4n) is 2.84. The number of nitrogens with zero attached hydrogens (tertiary/aromatic N) is 1. The smallest absolute Gasteiger partial charge is 0.264 e. The lowest BCUT2D eigenvalue weighted by Gasteiger charge is -2.20. The van der Waals surface area contributed by atoms with Crippen LogP contribution in [0.1, 0.15) is 25.7 Å². The molecule has 0 saturated heterocycles. The van der Waals surface area contributed by atoms with Crippen LogP contribution in [0.2, 0.25) is 0 Å². The molecule has 1 aliphatic carbocycles. The molecule has 0 aliphatic heterocycles. The predicted molar refractivity (Wildman–Crippen MR) is 99.1 cm³/mol. The van der Waals surface area contributed by atoms with Crippen molar-refractivity contribution in [1.82, 2.24) is 0 Å². The Kier molecular flexibility index (Phi) is 5.15. The van der Waals surface area contributed by atoms with Crippen molar-refractivity contribution in [2.75, 3.05) is 11.4 Å². The van der Waals surface area contributed by atoms with E-state index in [2.05, 4.69) is 15.9 Å². The largest absolute Gasteiger partial charge is 0.490 e. The normalized spacial score (nSPS) is 15.4. The fourth-order valence-corrected chi connectivity index (χ4v) is 4.30. The van der Waals surface area contributed by atoms with Gasteiger partial charge in [-0.25, -0.2) is 8.42 Å². The molecule has 0 heterocycles. The van der Waals surface area contributed by atoms with Gasteiger partial charge in [0.25, 0.3) is 10.0 Å². The minimum Gasteiger partial charge on any atom is -0.490 e. The van der Waals surface area contributed by atoms with Gasteiger partial charge in [0.05, 0.1) is 16.7 Å². The standard InChI is InChI=1S/C18H20BrNO3S/c1-20(24(21,22)18-12-6-14(19)7-13-18)15-8-10-17(11-9-15)23-16-4-2-3-5-16/h6-13,16H,2-5H2,1H3. The van der Waals surface area contributed by atoms with Crippen molar-refractivity contribution in [1.29, 1.82) is 0 Å². The number of halogens is 1. The molecule has 0 amide bonds. The molecule has 0 radical (unpaired) electrons. The Balaban J connectivity index is 1.76. The molecule has 128 valence electrons. The van der Waals surface area contributed by atoms with E-state index in [4.69, 9.17) is 4.74 Å². The molecule has 0 unspecified atom stereocenters. The second-order valence-electron chi connectivity index (χ2n) is 5.94. The van der Waals surface area contributed by atoms with E-state index < -0.39 is 10.0 Å². The summed E-state index contributed by atoms with van der Waals surface area (Å²) in [5, 5.41) is 0.